The topological polar surface area (TPSA) is 204 Å². The van der Waals surface area contributed by atoms with Gasteiger partial charge in [0.2, 0.25) is 5.91 Å². The SMILES string of the molecule is CC(=O)N[C@H]1C(OC(C)=O)[C@H](OC(C)=O)C(COC(C)=O)O[C@H]1OCCCCCCNC(=O)c1ccc(CN=[N+]=[N-])cc1. The number of esters is 3. The van der Waals surface area contributed by atoms with Crippen LogP contribution in [0.5, 0.6) is 0 Å². The molecule has 15 heteroatoms. The first-order valence-corrected chi connectivity index (χ1v) is 13.9. The van der Waals surface area contributed by atoms with E-state index in [-0.39, 0.29) is 25.7 Å². The Morgan fingerprint density at radius 1 is 0.907 bits per heavy atom. The maximum absolute atomic E-state index is 12.3. The van der Waals surface area contributed by atoms with E-state index in [0.29, 0.717) is 18.5 Å². The maximum atomic E-state index is 12.3. The summed E-state index contributed by atoms with van der Waals surface area (Å²) in [6, 6.07) is 5.81. The van der Waals surface area contributed by atoms with Gasteiger partial charge in [-0.15, -0.1) is 0 Å². The lowest BCUT2D eigenvalue weighted by molar-refractivity contribution is -0.277. The molecule has 0 bridgehead atoms. The third kappa shape index (κ3) is 12.7. The number of rotatable bonds is 16. The predicted octanol–water partition coefficient (Wildman–Crippen LogP) is 2.46. The Balaban J connectivity index is 1.89. The van der Waals surface area contributed by atoms with Crippen molar-refractivity contribution in [3.63, 3.8) is 0 Å². The van der Waals surface area contributed by atoms with Gasteiger partial charge in [0.15, 0.2) is 18.5 Å². The number of azide groups is 1. The Kier molecular flexibility index (Phi) is 14.9. The van der Waals surface area contributed by atoms with E-state index < -0.39 is 54.5 Å². The first-order chi connectivity index (χ1) is 20.5. The smallest absolute Gasteiger partial charge is 0.303 e. The number of benzene rings is 1. The molecule has 1 aliphatic rings. The molecular formula is C28H39N5O10. The van der Waals surface area contributed by atoms with Crippen molar-refractivity contribution < 1.29 is 47.7 Å². The Morgan fingerprint density at radius 2 is 1.56 bits per heavy atom. The van der Waals surface area contributed by atoms with Crippen LogP contribution in [0.1, 0.15) is 69.3 Å². The van der Waals surface area contributed by atoms with Crippen LogP contribution in [0.3, 0.4) is 0 Å². The van der Waals surface area contributed by atoms with Gasteiger partial charge in [-0.1, -0.05) is 30.1 Å². The third-order valence-corrected chi connectivity index (χ3v) is 6.24. The van der Waals surface area contributed by atoms with Crippen molar-refractivity contribution in [1.82, 2.24) is 10.6 Å². The van der Waals surface area contributed by atoms with Crippen molar-refractivity contribution in [1.29, 1.82) is 0 Å². The van der Waals surface area contributed by atoms with Gasteiger partial charge in [-0.05, 0) is 36.1 Å². The summed E-state index contributed by atoms with van der Waals surface area (Å²) in [5.41, 5.74) is 9.71. The van der Waals surface area contributed by atoms with Gasteiger partial charge in [-0.2, -0.15) is 0 Å². The Hall–Kier alpha value is -4.20. The summed E-state index contributed by atoms with van der Waals surface area (Å²) in [4.78, 5) is 62.2. The molecule has 1 aromatic carbocycles. The van der Waals surface area contributed by atoms with E-state index in [1.807, 2.05) is 0 Å². The molecule has 1 fully saturated rings. The minimum atomic E-state index is -1.18. The van der Waals surface area contributed by atoms with E-state index in [1.165, 1.54) is 27.7 Å². The molecule has 0 aliphatic carbocycles. The zero-order valence-corrected chi connectivity index (χ0v) is 24.8. The molecule has 0 radical (unpaired) electrons. The minimum Gasteiger partial charge on any atom is -0.463 e. The molecule has 236 valence electrons. The van der Waals surface area contributed by atoms with Crippen molar-refractivity contribution in [2.24, 2.45) is 5.11 Å². The monoisotopic (exact) mass is 605 g/mol. The average Bonchev–Trinajstić information content (AvgIpc) is 2.94. The predicted molar refractivity (Wildman–Crippen MR) is 150 cm³/mol. The zero-order valence-electron chi connectivity index (χ0n) is 24.8. The number of hydrogen-bond acceptors (Lipinski definition) is 11. The molecule has 2 unspecified atom stereocenters. The number of carbonyl (C=O) groups is 5. The highest BCUT2D eigenvalue weighted by Gasteiger charge is 2.51. The Bertz CT molecular complexity index is 1160. The first-order valence-electron chi connectivity index (χ1n) is 13.9. The van der Waals surface area contributed by atoms with Crippen LogP contribution < -0.4 is 10.6 Å². The van der Waals surface area contributed by atoms with Gasteiger partial charge in [-0.25, -0.2) is 0 Å². The van der Waals surface area contributed by atoms with Crippen LogP contribution in [0.2, 0.25) is 0 Å². The highest BCUT2D eigenvalue weighted by atomic mass is 16.7. The number of nitrogens with one attached hydrogen (secondary N) is 2. The van der Waals surface area contributed by atoms with Crippen molar-refractivity contribution in [3.8, 4) is 0 Å². The van der Waals surface area contributed by atoms with Crippen LogP contribution in [0.4, 0.5) is 0 Å². The Labute approximate surface area is 249 Å². The quantitative estimate of drug-likeness (QED) is 0.0703. The molecule has 0 aromatic heterocycles. The number of carbonyl (C=O) groups excluding carboxylic acids is 5. The van der Waals surface area contributed by atoms with Gasteiger partial charge >= 0.3 is 17.9 Å². The fourth-order valence-corrected chi connectivity index (χ4v) is 4.39. The van der Waals surface area contributed by atoms with Crippen LogP contribution in [0.15, 0.2) is 29.4 Å². The number of nitrogens with zero attached hydrogens (tertiary/aromatic N) is 3. The van der Waals surface area contributed by atoms with Crippen LogP contribution in [-0.2, 0) is 49.4 Å². The molecule has 5 atom stereocenters. The second-order valence-electron chi connectivity index (χ2n) is 9.85. The first kappa shape index (κ1) is 35.0. The van der Waals surface area contributed by atoms with E-state index in [9.17, 15) is 24.0 Å². The van der Waals surface area contributed by atoms with E-state index in [1.54, 1.807) is 24.3 Å². The standard InChI is InChI=1S/C28H39N5O10/c1-17(34)32-24-26(42-20(4)37)25(41-19(3)36)23(16-40-18(2)35)43-28(24)39-14-8-6-5-7-13-30-27(38)22-11-9-21(10-12-22)15-31-33-29/h9-12,23-26,28H,5-8,13-16H2,1-4H3,(H,30,38)(H,32,34)/t23?,24-,25+,26?,28+/m0/s1. The van der Waals surface area contributed by atoms with Gasteiger partial charge in [-0.3, -0.25) is 24.0 Å². The molecule has 1 aliphatic heterocycles. The summed E-state index contributed by atoms with van der Waals surface area (Å²) in [5.74, 6) is -2.61. The van der Waals surface area contributed by atoms with Crippen molar-refractivity contribution in [2.75, 3.05) is 19.8 Å². The summed E-state index contributed by atoms with van der Waals surface area (Å²) in [6.07, 6.45) is -1.56. The molecular weight excluding hydrogens is 566 g/mol. The molecule has 0 saturated carbocycles. The molecule has 2 amide bonds. The molecule has 2 N–H and O–H groups in total. The van der Waals surface area contributed by atoms with Gasteiger partial charge in [0.1, 0.15) is 18.8 Å². The Morgan fingerprint density at radius 3 is 2.16 bits per heavy atom. The van der Waals surface area contributed by atoms with Crippen molar-refractivity contribution >= 4 is 29.7 Å². The fraction of sp³-hybridized carbons (Fsp3) is 0.607. The van der Waals surface area contributed by atoms with Crippen LogP contribution in [-0.4, -0.2) is 80.1 Å². The minimum absolute atomic E-state index is 0.199. The van der Waals surface area contributed by atoms with Crippen LogP contribution >= 0.6 is 0 Å². The maximum Gasteiger partial charge on any atom is 0.303 e. The molecule has 15 nitrogen and oxygen atoms in total. The lowest BCUT2D eigenvalue weighted by Gasteiger charge is -2.44. The molecule has 2 rings (SSSR count). The molecule has 1 saturated heterocycles. The van der Waals surface area contributed by atoms with Gasteiger partial charge in [0.05, 0.1) is 6.54 Å². The number of unbranched alkanes of at least 4 members (excludes halogenated alkanes) is 3. The largest absolute Gasteiger partial charge is 0.463 e. The highest BCUT2D eigenvalue weighted by Crippen LogP contribution is 2.28. The summed E-state index contributed by atoms with van der Waals surface area (Å²) >= 11 is 0. The average molecular weight is 606 g/mol. The van der Waals surface area contributed by atoms with Gasteiger partial charge in [0.25, 0.3) is 5.91 Å². The van der Waals surface area contributed by atoms with Gasteiger partial charge < -0.3 is 34.3 Å². The van der Waals surface area contributed by atoms with E-state index >= 15 is 0 Å². The van der Waals surface area contributed by atoms with E-state index in [2.05, 4.69) is 20.7 Å². The molecule has 0 spiro atoms. The molecule has 1 aromatic rings. The summed E-state index contributed by atoms with van der Waals surface area (Å²) in [6.45, 7) is 5.45. The van der Waals surface area contributed by atoms with Gasteiger partial charge in [0, 0.05) is 51.3 Å². The van der Waals surface area contributed by atoms with E-state index in [0.717, 1.165) is 24.8 Å². The molecule has 1 heterocycles. The second-order valence-corrected chi connectivity index (χ2v) is 9.85. The number of hydrogen-bond donors (Lipinski definition) is 2. The zero-order chi connectivity index (χ0) is 31.8. The van der Waals surface area contributed by atoms with Crippen molar-refractivity contribution in [2.45, 2.75) is 90.6 Å². The normalized spacial score (nSPS) is 21.1. The fourth-order valence-electron chi connectivity index (χ4n) is 4.39. The van der Waals surface area contributed by atoms with Crippen molar-refractivity contribution in [3.05, 3.63) is 45.8 Å². The summed E-state index contributed by atoms with van der Waals surface area (Å²) in [7, 11) is 0. The summed E-state index contributed by atoms with van der Waals surface area (Å²) < 4.78 is 27.8. The number of amides is 2. The van der Waals surface area contributed by atoms with E-state index in [4.69, 9.17) is 29.2 Å². The van der Waals surface area contributed by atoms with Crippen LogP contribution in [0.25, 0.3) is 10.4 Å². The summed E-state index contributed by atoms with van der Waals surface area (Å²) in [5, 5.41) is 9.01. The lowest BCUT2D eigenvalue weighted by Crippen LogP contribution is -2.66. The highest BCUT2D eigenvalue weighted by molar-refractivity contribution is 5.94. The second kappa shape index (κ2) is 18.4. The molecule has 43 heavy (non-hydrogen) atoms. The van der Waals surface area contributed by atoms with Crippen LogP contribution in [0, 0.1) is 0 Å². The third-order valence-electron chi connectivity index (χ3n) is 6.24. The lowest BCUT2D eigenvalue weighted by atomic mass is 9.96. The number of ether oxygens (including phenoxy) is 5.